The van der Waals surface area contributed by atoms with Gasteiger partial charge in [-0.3, -0.25) is 0 Å². The van der Waals surface area contributed by atoms with E-state index in [9.17, 15) is 0 Å². The summed E-state index contributed by atoms with van der Waals surface area (Å²) in [5.41, 5.74) is 0. The fourth-order valence-electron chi connectivity index (χ4n) is 0.823. The van der Waals surface area contributed by atoms with Gasteiger partial charge in [0.25, 0.3) is 0 Å². The molecule has 1 aromatic rings. The highest BCUT2D eigenvalue weighted by atomic mass is 127. The van der Waals surface area contributed by atoms with E-state index in [4.69, 9.17) is 9.47 Å². The van der Waals surface area contributed by atoms with Crippen molar-refractivity contribution >= 4 is 38.5 Å². The van der Waals surface area contributed by atoms with E-state index >= 15 is 0 Å². The van der Waals surface area contributed by atoms with Crippen molar-refractivity contribution < 1.29 is 9.47 Å². The highest BCUT2D eigenvalue weighted by molar-refractivity contribution is 14.1. The van der Waals surface area contributed by atoms with Crippen molar-refractivity contribution in [3.63, 3.8) is 0 Å². The number of benzene rings is 1. The second kappa shape index (κ2) is 4.32. The second-order valence-corrected chi connectivity index (χ2v) is 4.14. The van der Waals surface area contributed by atoms with Crippen molar-refractivity contribution in [1.29, 1.82) is 0 Å². The molecular weight excluding hydrogens is 335 g/mol. The third kappa shape index (κ3) is 2.04. The van der Waals surface area contributed by atoms with E-state index in [0.29, 0.717) is 0 Å². The first kappa shape index (κ1) is 10.1. The summed E-state index contributed by atoms with van der Waals surface area (Å²) >= 11 is 5.57. The lowest BCUT2D eigenvalue weighted by molar-refractivity contribution is 0.398. The summed E-state index contributed by atoms with van der Waals surface area (Å²) in [6.07, 6.45) is 0. The largest absolute Gasteiger partial charge is 0.496 e. The van der Waals surface area contributed by atoms with Crippen molar-refractivity contribution in [2.75, 3.05) is 14.2 Å². The maximum absolute atomic E-state index is 5.13. The van der Waals surface area contributed by atoms with Crippen LogP contribution in [-0.2, 0) is 0 Å². The number of hydrogen-bond acceptors (Lipinski definition) is 2. The first-order valence-corrected chi connectivity index (χ1v) is 5.13. The van der Waals surface area contributed by atoms with Crippen LogP contribution >= 0.6 is 38.5 Å². The zero-order valence-electron chi connectivity index (χ0n) is 6.73. The summed E-state index contributed by atoms with van der Waals surface area (Å²) in [5.74, 6) is 1.67. The van der Waals surface area contributed by atoms with Gasteiger partial charge in [-0.15, -0.1) is 0 Å². The predicted molar refractivity (Wildman–Crippen MR) is 60.0 cm³/mol. The van der Waals surface area contributed by atoms with Crippen LogP contribution in [0.25, 0.3) is 0 Å². The smallest absolute Gasteiger partial charge is 0.134 e. The van der Waals surface area contributed by atoms with Crippen molar-refractivity contribution in [3.05, 3.63) is 20.2 Å². The van der Waals surface area contributed by atoms with Crippen LogP contribution in [0.3, 0.4) is 0 Å². The van der Waals surface area contributed by atoms with Gasteiger partial charge in [0.05, 0.1) is 22.3 Å². The maximum atomic E-state index is 5.13. The van der Waals surface area contributed by atoms with Gasteiger partial charge in [-0.25, -0.2) is 0 Å². The van der Waals surface area contributed by atoms with Crippen molar-refractivity contribution in [3.8, 4) is 11.5 Å². The first-order valence-electron chi connectivity index (χ1n) is 3.26. The van der Waals surface area contributed by atoms with E-state index in [-0.39, 0.29) is 0 Å². The molecular formula is C8H8BrIO2. The van der Waals surface area contributed by atoms with E-state index in [2.05, 4.69) is 38.5 Å². The monoisotopic (exact) mass is 342 g/mol. The molecule has 66 valence electrons. The molecule has 0 saturated heterocycles. The molecule has 0 aliphatic carbocycles. The van der Waals surface area contributed by atoms with Gasteiger partial charge >= 0.3 is 0 Å². The van der Waals surface area contributed by atoms with Gasteiger partial charge in [0.1, 0.15) is 11.5 Å². The minimum atomic E-state index is 0.820. The van der Waals surface area contributed by atoms with Gasteiger partial charge in [-0.05, 0) is 50.7 Å². The fraction of sp³-hybridized carbons (Fsp3) is 0.250. The Hall–Kier alpha value is 0.0300. The molecule has 4 heteroatoms. The Morgan fingerprint density at radius 2 is 1.75 bits per heavy atom. The predicted octanol–water partition coefficient (Wildman–Crippen LogP) is 3.07. The fourth-order valence-corrected chi connectivity index (χ4v) is 1.97. The SMILES string of the molecule is COc1cc(I)c(OC)cc1Br. The summed E-state index contributed by atoms with van der Waals surface area (Å²) in [7, 11) is 3.29. The van der Waals surface area contributed by atoms with Crippen LogP contribution in [0.4, 0.5) is 0 Å². The molecule has 0 bridgehead atoms. The molecule has 0 fully saturated rings. The highest BCUT2D eigenvalue weighted by Gasteiger charge is 2.06. The van der Waals surface area contributed by atoms with Gasteiger partial charge in [0, 0.05) is 0 Å². The molecule has 0 amide bonds. The van der Waals surface area contributed by atoms with Gasteiger partial charge in [0.2, 0.25) is 0 Å². The first-order chi connectivity index (χ1) is 5.69. The van der Waals surface area contributed by atoms with E-state index < -0.39 is 0 Å². The Bertz CT molecular complexity index is 259. The van der Waals surface area contributed by atoms with Crippen LogP contribution < -0.4 is 9.47 Å². The number of hydrogen-bond donors (Lipinski definition) is 0. The van der Waals surface area contributed by atoms with Crippen LogP contribution in [0.15, 0.2) is 16.6 Å². The Balaban J connectivity index is 3.16. The maximum Gasteiger partial charge on any atom is 0.134 e. The van der Waals surface area contributed by atoms with E-state index in [0.717, 1.165) is 19.5 Å². The lowest BCUT2D eigenvalue weighted by Gasteiger charge is -2.07. The Morgan fingerprint density at radius 1 is 1.17 bits per heavy atom. The molecule has 0 radical (unpaired) electrons. The van der Waals surface area contributed by atoms with Crippen LogP contribution in [-0.4, -0.2) is 14.2 Å². The van der Waals surface area contributed by atoms with Gasteiger partial charge < -0.3 is 9.47 Å². The quantitative estimate of drug-likeness (QED) is 0.769. The number of halogens is 2. The van der Waals surface area contributed by atoms with Crippen LogP contribution in [0, 0.1) is 3.57 Å². The average Bonchev–Trinajstić information content (AvgIpc) is 2.08. The molecule has 0 aliphatic heterocycles. The standard InChI is InChI=1S/C8H8BrIO2/c1-11-7-4-6(10)8(12-2)3-5(7)9/h3-4H,1-2H3. The van der Waals surface area contributed by atoms with Crippen molar-refractivity contribution in [2.45, 2.75) is 0 Å². The van der Waals surface area contributed by atoms with Crippen LogP contribution in [0.1, 0.15) is 0 Å². The normalized spacial score (nSPS) is 9.67. The molecule has 0 aromatic heterocycles. The van der Waals surface area contributed by atoms with Crippen LogP contribution in [0.5, 0.6) is 11.5 Å². The molecule has 0 saturated carbocycles. The average molecular weight is 343 g/mol. The molecule has 0 atom stereocenters. The van der Waals surface area contributed by atoms with Gasteiger partial charge in [0.15, 0.2) is 0 Å². The molecule has 0 spiro atoms. The van der Waals surface area contributed by atoms with Crippen LogP contribution in [0.2, 0.25) is 0 Å². The zero-order chi connectivity index (χ0) is 9.14. The minimum absolute atomic E-state index is 0.820. The lowest BCUT2D eigenvalue weighted by atomic mass is 10.3. The lowest BCUT2D eigenvalue weighted by Crippen LogP contribution is -1.90. The Kier molecular flexibility index (Phi) is 3.64. The van der Waals surface area contributed by atoms with E-state index in [1.807, 2.05) is 12.1 Å². The summed E-state index contributed by atoms with van der Waals surface area (Å²) in [5, 5.41) is 0. The van der Waals surface area contributed by atoms with Gasteiger partial charge in [-0.1, -0.05) is 0 Å². The molecule has 1 rings (SSSR count). The molecule has 0 unspecified atom stereocenters. The topological polar surface area (TPSA) is 18.5 Å². The number of rotatable bonds is 2. The Labute approximate surface area is 93.5 Å². The van der Waals surface area contributed by atoms with E-state index in [1.165, 1.54) is 0 Å². The van der Waals surface area contributed by atoms with Gasteiger partial charge in [-0.2, -0.15) is 0 Å². The number of ether oxygens (including phenoxy) is 2. The minimum Gasteiger partial charge on any atom is -0.496 e. The Morgan fingerprint density at radius 3 is 2.25 bits per heavy atom. The zero-order valence-corrected chi connectivity index (χ0v) is 10.5. The van der Waals surface area contributed by atoms with E-state index in [1.54, 1.807) is 14.2 Å². The molecule has 0 aliphatic rings. The molecule has 0 N–H and O–H groups in total. The molecule has 0 heterocycles. The summed E-state index contributed by atoms with van der Waals surface area (Å²) in [6, 6.07) is 3.81. The summed E-state index contributed by atoms with van der Waals surface area (Å²) < 4.78 is 12.2. The highest BCUT2D eigenvalue weighted by Crippen LogP contribution is 2.33. The van der Waals surface area contributed by atoms with Crippen molar-refractivity contribution in [1.82, 2.24) is 0 Å². The molecule has 12 heavy (non-hydrogen) atoms. The second-order valence-electron chi connectivity index (χ2n) is 2.12. The third-order valence-corrected chi connectivity index (χ3v) is 2.89. The molecule has 1 aromatic carbocycles. The number of methoxy groups -OCH3 is 2. The summed E-state index contributed by atoms with van der Waals surface area (Å²) in [6.45, 7) is 0. The summed E-state index contributed by atoms with van der Waals surface area (Å²) in [4.78, 5) is 0. The van der Waals surface area contributed by atoms with Crippen molar-refractivity contribution in [2.24, 2.45) is 0 Å². The molecule has 2 nitrogen and oxygen atoms in total. The third-order valence-electron chi connectivity index (χ3n) is 1.43.